The number of esters is 3. The van der Waals surface area contributed by atoms with E-state index in [1.54, 1.807) is 0 Å². The third kappa shape index (κ3) is 1.96. The number of ether oxygens (including phenoxy) is 3. The Morgan fingerprint density at radius 2 is 1.93 bits per heavy atom. The first-order valence-corrected chi connectivity index (χ1v) is 10.7. The van der Waals surface area contributed by atoms with Crippen LogP contribution in [0.3, 0.4) is 0 Å². The third-order valence-corrected chi connectivity index (χ3v) is 9.46. The molecule has 8 atom stereocenters. The lowest BCUT2D eigenvalue weighted by atomic mass is 9.59. The van der Waals surface area contributed by atoms with Gasteiger partial charge >= 0.3 is 17.9 Å². The lowest BCUT2D eigenvalue weighted by Gasteiger charge is -2.46. The van der Waals surface area contributed by atoms with E-state index in [-0.39, 0.29) is 34.6 Å². The fourth-order valence-corrected chi connectivity index (χ4v) is 8.43. The monoisotopic (exact) mass is 402 g/mol. The van der Waals surface area contributed by atoms with E-state index in [4.69, 9.17) is 14.2 Å². The summed E-state index contributed by atoms with van der Waals surface area (Å²) in [6.45, 7) is 9.83. The first kappa shape index (κ1) is 19.1. The fourth-order valence-electron chi connectivity index (χ4n) is 8.43. The van der Waals surface area contributed by atoms with Gasteiger partial charge in [0.15, 0.2) is 0 Å². The lowest BCUT2D eigenvalue weighted by molar-refractivity contribution is -0.169. The molecule has 1 spiro atoms. The molecule has 0 N–H and O–H groups in total. The Labute approximate surface area is 171 Å². The molecule has 0 unspecified atom stereocenters. The Balaban J connectivity index is 1.71. The highest BCUT2D eigenvalue weighted by Gasteiger charge is 2.84. The van der Waals surface area contributed by atoms with Crippen LogP contribution in [0.5, 0.6) is 0 Å². The third-order valence-electron chi connectivity index (χ3n) is 9.46. The molecular formula is C23H30O6. The Hall–Kier alpha value is -1.85. The zero-order chi connectivity index (χ0) is 21.0. The summed E-state index contributed by atoms with van der Waals surface area (Å²) in [5.74, 6) is -1.69. The average molecular weight is 402 g/mol. The minimum absolute atomic E-state index is 0.0202. The van der Waals surface area contributed by atoms with Crippen LogP contribution in [0.4, 0.5) is 0 Å². The first-order chi connectivity index (χ1) is 13.5. The molecule has 6 heteroatoms. The van der Waals surface area contributed by atoms with Crippen molar-refractivity contribution in [2.75, 3.05) is 7.11 Å². The van der Waals surface area contributed by atoms with Gasteiger partial charge in [0.05, 0.1) is 13.0 Å². The standard InChI is InChI=1S/C23H30O6/c1-12-10-22-11-20(12,3)8-6-14(22)23-9-7-15(28-13(2)24)21(4,19(26)29-23)17(23)16(22)18(25)27-5/h14-17H,1,6-11H2,2-5H3/t14-,15+,16-,17-,20-,21+,22+,23-/m1/s1. The summed E-state index contributed by atoms with van der Waals surface area (Å²) in [6.07, 6.45) is 4.21. The largest absolute Gasteiger partial charge is 0.469 e. The second kappa shape index (κ2) is 5.44. The molecule has 5 fully saturated rings. The number of hydrogen-bond acceptors (Lipinski definition) is 6. The molecule has 0 aromatic rings. The summed E-state index contributed by atoms with van der Waals surface area (Å²) in [7, 11) is 1.42. The minimum atomic E-state index is -1.03. The van der Waals surface area contributed by atoms with Gasteiger partial charge in [0.25, 0.3) is 0 Å². The van der Waals surface area contributed by atoms with Crippen molar-refractivity contribution in [3.05, 3.63) is 12.2 Å². The Bertz CT molecular complexity index is 848. The number of carbonyl (C=O) groups is 3. The molecule has 4 saturated carbocycles. The second-order valence-electron chi connectivity index (χ2n) is 10.6. The summed E-state index contributed by atoms with van der Waals surface area (Å²) < 4.78 is 17.2. The van der Waals surface area contributed by atoms with Gasteiger partial charge in [-0.25, -0.2) is 0 Å². The number of methoxy groups -OCH3 is 1. The zero-order valence-corrected chi connectivity index (χ0v) is 17.7. The Morgan fingerprint density at radius 3 is 2.59 bits per heavy atom. The van der Waals surface area contributed by atoms with Gasteiger partial charge in [0.1, 0.15) is 17.1 Å². The fraction of sp³-hybridized carbons (Fsp3) is 0.783. The molecule has 0 amide bonds. The van der Waals surface area contributed by atoms with E-state index in [9.17, 15) is 14.4 Å². The SMILES string of the molecule is C=C1C[C@]23C[C@@]1(C)CC[C@H]2[C@@]12CC[C@H](OC(C)=O)[C@](C)(C(=O)O1)[C@H]2[C@@H]3C(=O)OC. The van der Waals surface area contributed by atoms with Crippen molar-refractivity contribution in [1.82, 2.24) is 0 Å². The molecule has 158 valence electrons. The van der Waals surface area contributed by atoms with Gasteiger partial charge in [-0.05, 0) is 56.3 Å². The minimum Gasteiger partial charge on any atom is -0.469 e. The average Bonchev–Trinajstić information content (AvgIpc) is 3.07. The van der Waals surface area contributed by atoms with Crippen LogP contribution in [0, 0.1) is 34.0 Å². The van der Waals surface area contributed by atoms with Gasteiger partial charge in [-0.3, -0.25) is 14.4 Å². The molecule has 4 bridgehead atoms. The molecular weight excluding hydrogens is 372 g/mol. The van der Waals surface area contributed by atoms with Crippen molar-refractivity contribution in [2.45, 2.75) is 71.0 Å². The van der Waals surface area contributed by atoms with Gasteiger partial charge < -0.3 is 14.2 Å². The van der Waals surface area contributed by atoms with Crippen molar-refractivity contribution in [3.63, 3.8) is 0 Å². The van der Waals surface area contributed by atoms with Crippen molar-refractivity contribution in [2.24, 2.45) is 34.0 Å². The summed E-state index contributed by atoms with van der Waals surface area (Å²) in [5, 5.41) is 0. The maximum atomic E-state index is 13.3. The number of hydrogen-bond donors (Lipinski definition) is 0. The summed E-state index contributed by atoms with van der Waals surface area (Å²) in [5.41, 5.74) is -0.781. The lowest BCUT2D eigenvalue weighted by Crippen LogP contribution is -2.54. The number of rotatable bonds is 2. The molecule has 6 nitrogen and oxygen atoms in total. The van der Waals surface area contributed by atoms with Crippen LogP contribution in [-0.2, 0) is 28.6 Å². The smallest absolute Gasteiger partial charge is 0.316 e. The van der Waals surface area contributed by atoms with Crippen LogP contribution in [0.1, 0.15) is 59.3 Å². The molecule has 0 aromatic carbocycles. The highest BCUT2D eigenvalue weighted by atomic mass is 16.6. The van der Waals surface area contributed by atoms with E-state index >= 15 is 0 Å². The van der Waals surface area contributed by atoms with Gasteiger partial charge in [0, 0.05) is 18.8 Å². The van der Waals surface area contributed by atoms with Crippen molar-refractivity contribution in [3.8, 4) is 0 Å². The Kier molecular flexibility index (Phi) is 3.59. The van der Waals surface area contributed by atoms with E-state index in [2.05, 4.69) is 13.5 Å². The summed E-state index contributed by atoms with van der Waals surface area (Å²) >= 11 is 0. The van der Waals surface area contributed by atoms with Crippen molar-refractivity contribution < 1.29 is 28.6 Å². The van der Waals surface area contributed by atoms with Gasteiger partial charge in [-0.15, -0.1) is 0 Å². The van der Waals surface area contributed by atoms with E-state index in [0.29, 0.717) is 12.8 Å². The molecule has 5 aliphatic rings. The molecule has 1 heterocycles. The Morgan fingerprint density at radius 1 is 1.21 bits per heavy atom. The maximum Gasteiger partial charge on any atom is 0.316 e. The molecule has 29 heavy (non-hydrogen) atoms. The normalized spacial score (nSPS) is 51.9. The van der Waals surface area contributed by atoms with Crippen molar-refractivity contribution in [1.29, 1.82) is 0 Å². The highest BCUT2D eigenvalue weighted by Crippen LogP contribution is 2.80. The first-order valence-electron chi connectivity index (χ1n) is 10.7. The van der Waals surface area contributed by atoms with E-state index in [0.717, 1.165) is 25.7 Å². The van der Waals surface area contributed by atoms with Crippen LogP contribution >= 0.6 is 0 Å². The van der Waals surface area contributed by atoms with Crippen LogP contribution in [-0.4, -0.2) is 36.7 Å². The second-order valence-corrected chi connectivity index (χ2v) is 10.6. The molecule has 1 aliphatic heterocycles. The number of fused-ring (bicyclic) bond motifs is 1. The molecule has 5 rings (SSSR count). The predicted molar refractivity (Wildman–Crippen MR) is 102 cm³/mol. The quantitative estimate of drug-likeness (QED) is 0.401. The predicted octanol–water partition coefficient (Wildman–Crippen LogP) is 3.19. The topological polar surface area (TPSA) is 78.9 Å². The summed E-state index contributed by atoms with van der Waals surface area (Å²) in [4.78, 5) is 38.3. The zero-order valence-electron chi connectivity index (χ0n) is 17.7. The van der Waals surface area contributed by atoms with E-state index in [1.807, 2.05) is 6.92 Å². The van der Waals surface area contributed by atoms with Crippen LogP contribution in [0.15, 0.2) is 12.2 Å². The van der Waals surface area contributed by atoms with Gasteiger partial charge in [-0.1, -0.05) is 19.1 Å². The number of carbonyl (C=O) groups excluding carboxylic acids is 3. The van der Waals surface area contributed by atoms with Crippen molar-refractivity contribution >= 4 is 17.9 Å². The van der Waals surface area contributed by atoms with Crippen LogP contribution in [0.25, 0.3) is 0 Å². The molecule has 0 radical (unpaired) electrons. The van der Waals surface area contributed by atoms with Gasteiger partial charge in [0.2, 0.25) is 0 Å². The van der Waals surface area contributed by atoms with E-state index < -0.39 is 29.0 Å². The number of allylic oxidation sites excluding steroid dienone is 1. The van der Waals surface area contributed by atoms with Crippen LogP contribution < -0.4 is 0 Å². The molecule has 0 aromatic heterocycles. The molecule has 1 saturated heterocycles. The maximum absolute atomic E-state index is 13.3. The highest BCUT2D eigenvalue weighted by molar-refractivity contribution is 5.86. The van der Waals surface area contributed by atoms with Crippen LogP contribution in [0.2, 0.25) is 0 Å². The summed E-state index contributed by atoms with van der Waals surface area (Å²) in [6, 6.07) is 0. The van der Waals surface area contributed by atoms with Gasteiger partial charge in [-0.2, -0.15) is 0 Å². The molecule has 4 aliphatic carbocycles. The van der Waals surface area contributed by atoms with E-state index in [1.165, 1.54) is 19.6 Å².